The molecule has 0 bridgehead atoms. The number of rotatable bonds is 6. The first-order valence-electron chi connectivity index (χ1n) is 7.73. The van der Waals surface area contributed by atoms with Crippen LogP contribution in [0, 0.1) is 13.8 Å². The van der Waals surface area contributed by atoms with Crippen LogP contribution in [0.4, 0.5) is 5.69 Å². The minimum atomic E-state index is -0.765. The van der Waals surface area contributed by atoms with Crippen LogP contribution in [0.25, 0.3) is 0 Å². The molecule has 0 unspecified atom stereocenters. The fourth-order valence-electron chi connectivity index (χ4n) is 2.10. The van der Waals surface area contributed by atoms with Gasteiger partial charge in [0.15, 0.2) is 5.84 Å². The number of nitrogens with one attached hydrogen (secondary N) is 1. The second kappa shape index (κ2) is 7.63. The lowest BCUT2D eigenvalue weighted by Crippen LogP contribution is -2.29. The van der Waals surface area contributed by atoms with Gasteiger partial charge < -0.3 is 20.5 Å². The van der Waals surface area contributed by atoms with E-state index in [0.717, 1.165) is 16.8 Å². The second-order valence-corrected chi connectivity index (χ2v) is 5.76. The van der Waals surface area contributed by atoms with Crippen molar-refractivity contribution in [1.29, 1.82) is 0 Å². The summed E-state index contributed by atoms with van der Waals surface area (Å²) in [6.45, 7) is 7.43. The van der Waals surface area contributed by atoms with Crippen molar-refractivity contribution in [3.05, 3.63) is 48.0 Å². The molecular weight excluding hydrogens is 306 g/mol. The number of carbonyl (C=O) groups excluding carboxylic acids is 1. The minimum absolute atomic E-state index is 0.206. The van der Waals surface area contributed by atoms with Gasteiger partial charge in [-0.25, -0.2) is 4.98 Å². The number of hydrogen-bond donors (Lipinski definition) is 2. The number of aryl methyl sites for hydroxylation is 2. The zero-order valence-electron chi connectivity index (χ0n) is 14.4. The van der Waals surface area contributed by atoms with Gasteiger partial charge in [0.1, 0.15) is 0 Å². The molecule has 1 heterocycles. The number of imidazole rings is 1. The zero-order valence-corrected chi connectivity index (χ0v) is 14.4. The number of nitrogens with two attached hydrogens (primary N) is 1. The van der Waals surface area contributed by atoms with Crippen molar-refractivity contribution in [3.8, 4) is 0 Å². The lowest BCUT2D eigenvalue weighted by atomic mass is 10.1. The Bertz CT molecular complexity index is 725. The fourth-order valence-corrected chi connectivity index (χ4v) is 2.10. The number of aromatic nitrogens is 2. The molecule has 0 aliphatic carbocycles. The van der Waals surface area contributed by atoms with Gasteiger partial charge in [0.2, 0.25) is 6.10 Å². The van der Waals surface area contributed by atoms with Crippen molar-refractivity contribution in [1.82, 2.24) is 9.55 Å². The minimum Gasteiger partial charge on any atom is -0.383 e. The van der Waals surface area contributed by atoms with Crippen LogP contribution in [0.1, 0.15) is 31.0 Å². The van der Waals surface area contributed by atoms with Crippen LogP contribution in [0.15, 0.2) is 42.1 Å². The van der Waals surface area contributed by atoms with Crippen LogP contribution in [-0.4, -0.2) is 27.4 Å². The summed E-state index contributed by atoms with van der Waals surface area (Å²) < 4.78 is 1.79. The predicted molar refractivity (Wildman–Crippen MR) is 93.7 cm³/mol. The first kappa shape index (κ1) is 17.5. The summed E-state index contributed by atoms with van der Waals surface area (Å²) in [6.07, 6.45) is 4.32. The molecule has 2 atom stereocenters. The van der Waals surface area contributed by atoms with E-state index in [1.807, 2.05) is 39.0 Å². The Labute approximate surface area is 141 Å². The van der Waals surface area contributed by atoms with Crippen molar-refractivity contribution in [2.45, 2.75) is 39.8 Å². The number of hydrogen-bond acceptors (Lipinski definition) is 4. The van der Waals surface area contributed by atoms with Gasteiger partial charge in [0, 0.05) is 18.1 Å². The number of carbonyl (C=O) groups is 1. The molecule has 1 aromatic carbocycles. The summed E-state index contributed by atoms with van der Waals surface area (Å²) in [5.41, 5.74) is 8.78. The zero-order chi connectivity index (χ0) is 17.7. The molecule has 0 spiro atoms. The third-order valence-electron chi connectivity index (χ3n) is 3.73. The molecule has 0 saturated heterocycles. The van der Waals surface area contributed by atoms with E-state index in [-0.39, 0.29) is 17.8 Å². The molecule has 0 fully saturated rings. The fraction of sp³-hybridized carbons (Fsp3) is 0.353. The summed E-state index contributed by atoms with van der Waals surface area (Å²) in [7, 11) is 0. The molecule has 7 nitrogen and oxygen atoms in total. The quantitative estimate of drug-likeness (QED) is 0.483. The van der Waals surface area contributed by atoms with Crippen molar-refractivity contribution in [3.63, 3.8) is 0 Å². The van der Waals surface area contributed by atoms with Gasteiger partial charge in [-0.2, -0.15) is 0 Å². The van der Waals surface area contributed by atoms with Crippen molar-refractivity contribution in [2.24, 2.45) is 10.9 Å². The lowest BCUT2D eigenvalue weighted by Gasteiger charge is -2.15. The van der Waals surface area contributed by atoms with Gasteiger partial charge >= 0.3 is 0 Å². The van der Waals surface area contributed by atoms with E-state index >= 15 is 0 Å². The first-order chi connectivity index (χ1) is 11.4. The first-order valence-corrected chi connectivity index (χ1v) is 7.73. The molecule has 0 aliphatic rings. The Hall–Kier alpha value is -2.83. The number of amides is 1. The predicted octanol–water partition coefficient (Wildman–Crippen LogP) is 2.38. The van der Waals surface area contributed by atoms with E-state index < -0.39 is 6.10 Å². The largest absolute Gasteiger partial charge is 0.383 e. The van der Waals surface area contributed by atoms with Crippen molar-refractivity contribution in [2.75, 3.05) is 5.32 Å². The van der Waals surface area contributed by atoms with Crippen LogP contribution in [-0.2, 0) is 9.63 Å². The van der Waals surface area contributed by atoms with Crippen LogP contribution in [0.2, 0.25) is 0 Å². The molecule has 2 aromatic rings. The van der Waals surface area contributed by atoms with Crippen molar-refractivity contribution >= 4 is 17.4 Å². The van der Waals surface area contributed by atoms with Crippen LogP contribution in [0.5, 0.6) is 0 Å². The molecule has 0 radical (unpaired) electrons. The normalized spacial score (nSPS) is 14.1. The third-order valence-corrected chi connectivity index (χ3v) is 3.73. The van der Waals surface area contributed by atoms with Gasteiger partial charge in [-0.15, -0.1) is 0 Å². The van der Waals surface area contributed by atoms with Crippen LogP contribution in [0.3, 0.4) is 0 Å². The Morgan fingerprint density at radius 1 is 1.38 bits per heavy atom. The molecule has 1 amide bonds. The van der Waals surface area contributed by atoms with E-state index in [4.69, 9.17) is 10.6 Å². The molecule has 0 saturated carbocycles. The van der Waals surface area contributed by atoms with E-state index in [2.05, 4.69) is 15.5 Å². The van der Waals surface area contributed by atoms with E-state index in [1.54, 1.807) is 30.2 Å². The monoisotopic (exact) mass is 329 g/mol. The summed E-state index contributed by atoms with van der Waals surface area (Å²) in [4.78, 5) is 21.4. The molecule has 0 aliphatic heterocycles. The number of oxime groups is 1. The Balaban J connectivity index is 1.94. The Morgan fingerprint density at radius 3 is 2.75 bits per heavy atom. The third kappa shape index (κ3) is 4.34. The molecule has 7 heteroatoms. The van der Waals surface area contributed by atoms with Gasteiger partial charge in [0.25, 0.3) is 5.91 Å². The Kier molecular flexibility index (Phi) is 5.57. The van der Waals surface area contributed by atoms with Gasteiger partial charge in [-0.1, -0.05) is 22.9 Å². The second-order valence-electron chi connectivity index (χ2n) is 5.76. The van der Waals surface area contributed by atoms with Crippen LogP contribution >= 0.6 is 0 Å². The molecule has 128 valence electrons. The number of nitrogens with zero attached hydrogens (tertiary/aromatic N) is 3. The van der Waals surface area contributed by atoms with E-state index in [0.29, 0.717) is 0 Å². The highest BCUT2D eigenvalue weighted by molar-refractivity contribution is 5.94. The van der Waals surface area contributed by atoms with Gasteiger partial charge in [-0.3, -0.25) is 4.79 Å². The average molecular weight is 329 g/mol. The SMILES string of the molecule is Cc1ccc(NC(=O)[C@@H](C)O/N=C(\N)[C@H](C)n2ccnc2)c(C)c1. The molecule has 1 aromatic heterocycles. The molecule has 2 rings (SSSR count). The maximum atomic E-state index is 12.2. The highest BCUT2D eigenvalue weighted by Gasteiger charge is 2.16. The standard InChI is InChI=1S/C17H23N5O2/c1-11-5-6-15(12(2)9-11)20-17(23)14(4)24-21-16(18)13(3)22-8-7-19-10-22/h5-10,13-14H,1-4H3,(H2,18,21)(H,20,23)/t13-,14+/m0/s1. The highest BCUT2D eigenvalue weighted by Crippen LogP contribution is 2.16. The molecule has 24 heavy (non-hydrogen) atoms. The van der Waals surface area contributed by atoms with Crippen molar-refractivity contribution < 1.29 is 9.63 Å². The number of anilines is 1. The van der Waals surface area contributed by atoms with Gasteiger partial charge in [0.05, 0.1) is 12.4 Å². The summed E-state index contributed by atoms with van der Waals surface area (Å²) >= 11 is 0. The smallest absolute Gasteiger partial charge is 0.267 e. The van der Waals surface area contributed by atoms with E-state index in [1.165, 1.54) is 0 Å². The van der Waals surface area contributed by atoms with Crippen LogP contribution < -0.4 is 11.1 Å². The maximum Gasteiger partial charge on any atom is 0.267 e. The summed E-state index contributed by atoms with van der Waals surface area (Å²) in [5.74, 6) is -0.0204. The number of benzene rings is 1. The molecule has 3 N–H and O–H groups in total. The molecular formula is C17H23N5O2. The average Bonchev–Trinajstić information content (AvgIpc) is 3.08. The maximum absolute atomic E-state index is 12.2. The summed E-state index contributed by atoms with van der Waals surface area (Å²) in [5, 5.41) is 6.69. The highest BCUT2D eigenvalue weighted by atomic mass is 16.6. The number of amidine groups is 1. The van der Waals surface area contributed by atoms with Gasteiger partial charge in [-0.05, 0) is 39.3 Å². The summed E-state index contributed by atoms with van der Waals surface area (Å²) in [6, 6.07) is 5.61. The lowest BCUT2D eigenvalue weighted by molar-refractivity contribution is -0.126. The topological polar surface area (TPSA) is 94.5 Å². The van der Waals surface area contributed by atoms with E-state index in [9.17, 15) is 4.79 Å². The Morgan fingerprint density at radius 2 is 2.12 bits per heavy atom.